The molecule has 3 rings (SSSR count). The standard InChI is InChI=1S/C15H13N3O2/c1-9-15(10-4-2-3-5-11(10)17-9)12-6-7-16-13(18-12)8-14(19)20/h2-7,17H,8H2,1H3,(H,19,20). The maximum absolute atomic E-state index is 10.8. The summed E-state index contributed by atoms with van der Waals surface area (Å²) in [5, 5.41) is 9.90. The van der Waals surface area contributed by atoms with Crippen molar-refractivity contribution in [2.24, 2.45) is 0 Å². The number of carbonyl (C=O) groups is 1. The minimum atomic E-state index is -0.933. The summed E-state index contributed by atoms with van der Waals surface area (Å²) in [5.41, 5.74) is 3.78. The van der Waals surface area contributed by atoms with E-state index in [-0.39, 0.29) is 6.42 Å². The first-order valence-electron chi connectivity index (χ1n) is 6.26. The average molecular weight is 267 g/mol. The molecule has 0 saturated carbocycles. The molecule has 0 saturated heterocycles. The summed E-state index contributed by atoms with van der Waals surface area (Å²) >= 11 is 0. The number of benzene rings is 1. The molecule has 0 unspecified atom stereocenters. The van der Waals surface area contributed by atoms with Gasteiger partial charge in [-0.05, 0) is 19.1 Å². The van der Waals surface area contributed by atoms with Crippen LogP contribution < -0.4 is 0 Å². The zero-order valence-electron chi connectivity index (χ0n) is 10.9. The number of aromatic amines is 1. The van der Waals surface area contributed by atoms with E-state index in [1.54, 1.807) is 12.3 Å². The molecule has 0 amide bonds. The third kappa shape index (κ3) is 2.14. The first-order valence-corrected chi connectivity index (χ1v) is 6.26. The van der Waals surface area contributed by atoms with E-state index in [9.17, 15) is 4.79 Å². The van der Waals surface area contributed by atoms with Crippen LogP contribution in [0.15, 0.2) is 36.5 Å². The number of aliphatic carboxylic acids is 1. The fraction of sp³-hybridized carbons (Fsp3) is 0.133. The van der Waals surface area contributed by atoms with E-state index in [2.05, 4.69) is 15.0 Å². The van der Waals surface area contributed by atoms with Crippen LogP contribution in [0.3, 0.4) is 0 Å². The van der Waals surface area contributed by atoms with Gasteiger partial charge in [0, 0.05) is 28.4 Å². The van der Waals surface area contributed by atoms with Crippen molar-refractivity contribution >= 4 is 16.9 Å². The van der Waals surface area contributed by atoms with E-state index in [0.717, 1.165) is 27.9 Å². The van der Waals surface area contributed by atoms with Gasteiger partial charge in [-0.15, -0.1) is 0 Å². The number of H-pyrrole nitrogens is 1. The van der Waals surface area contributed by atoms with Gasteiger partial charge in [0.1, 0.15) is 12.2 Å². The highest BCUT2D eigenvalue weighted by Crippen LogP contribution is 2.30. The molecule has 5 heteroatoms. The average Bonchev–Trinajstić information content (AvgIpc) is 2.74. The molecular formula is C15H13N3O2. The summed E-state index contributed by atoms with van der Waals surface area (Å²) in [5.74, 6) is -0.613. The van der Waals surface area contributed by atoms with Crippen LogP contribution in [0.1, 0.15) is 11.5 Å². The second-order valence-corrected chi connectivity index (χ2v) is 4.60. The quantitative estimate of drug-likeness (QED) is 0.764. The molecule has 2 N–H and O–H groups in total. The highest BCUT2D eigenvalue weighted by Gasteiger charge is 2.13. The molecule has 3 aromatic rings. The van der Waals surface area contributed by atoms with Crippen molar-refractivity contribution in [3.63, 3.8) is 0 Å². The number of nitrogens with one attached hydrogen (secondary N) is 1. The molecule has 0 aliphatic heterocycles. The van der Waals surface area contributed by atoms with Crippen LogP contribution in [0.2, 0.25) is 0 Å². The molecule has 2 heterocycles. The maximum atomic E-state index is 10.8. The van der Waals surface area contributed by atoms with Crippen LogP contribution in [0.4, 0.5) is 0 Å². The molecule has 0 fully saturated rings. The molecule has 1 aromatic carbocycles. The van der Waals surface area contributed by atoms with E-state index < -0.39 is 5.97 Å². The Morgan fingerprint density at radius 1 is 1.30 bits per heavy atom. The summed E-state index contributed by atoms with van der Waals surface area (Å²) < 4.78 is 0. The van der Waals surface area contributed by atoms with Gasteiger partial charge in [0.05, 0.1) is 5.69 Å². The molecule has 0 radical (unpaired) electrons. The van der Waals surface area contributed by atoms with Gasteiger partial charge in [-0.1, -0.05) is 18.2 Å². The summed E-state index contributed by atoms with van der Waals surface area (Å²) in [7, 11) is 0. The van der Waals surface area contributed by atoms with E-state index >= 15 is 0 Å². The molecule has 0 aliphatic rings. The number of fused-ring (bicyclic) bond motifs is 1. The number of aromatic nitrogens is 3. The zero-order valence-corrected chi connectivity index (χ0v) is 10.9. The Morgan fingerprint density at radius 2 is 2.10 bits per heavy atom. The Kier molecular flexibility index (Phi) is 2.95. The molecule has 5 nitrogen and oxygen atoms in total. The SMILES string of the molecule is Cc1[nH]c2ccccc2c1-c1ccnc(CC(=O)O)n1. The third-order valence-corrected chi connectivity index (χ3v) is 3.16. The smallest absolute Gasteiger partial charge is 0.311 e. The number of hydrogen-bond acceptors (Lipinski definition) is 3. The zero-order chi connectivity index (χ0) is 14.1. The van der Waals surface area contributed by atoms with Crippen molar-refractivity contribution < 1.29 is 9.90 Å². The van der Waals surface area contributed by atoms with Crippen LogP contribution >= 0.6 is 0 Å². The first kappa shape index (κ1) is 12.3. The van der Waals surface area contributed by atoms with Gasteiger partial charge >= 0.3 is 5.97 Å². The molecule has 0 bridgehead atoms. The first-order chi connectivity index (χ1) is 9.65. The lowest BCUT2D eigenvalue weighted by molar-refractivity contribution is -0.136. The van der Waals surface area contributed by atoms with Crippen LogP contribution in [-0.2, 0) is 11.2 Å². The van der Waals surface area contributed by atoms with E-state index in [1.165, 1.54) is 0 Å². The summed E-state index contributed by atoms with van der Waals surface area (Å²) in [4.78, 5) is 22.4. The Balaban J connectivity index is 2.15. The predicted molar refractivity (Wildman–Crippen MR) is 75.4 cm³/mol. The van der Waals surface area contributed by atoms with Gasteiger partial charge < -0.3 is 10.1 Å². The topological polar surface area (TPSA) is 78.9 Å². The van der Waals surface area contributed by atoms with Crippen LogP contribution in [0.25, 0.3) is 22.2 Å². The third-order valence-electron chi connectivity index (χ3n) is 3.16. The second-order valence-electron chi connectivity index (χ2n) is 4.60. The molecular weight excluding hydrogens is 254 g/mol. The van der Waals surface area contributed by atoms with Crippen LogP contribution in [0, 0.1) is 6.92 Å². The molecule has 0 spiro atoms. The number of carboxylic acid groups (broad SMARTS) is 1. The molecule has 2 aromatic heterocycles. The van der Waals surface area contributed by atoms with E-state index in [1.807, 2.05) is 31.2 Å². The van der Waals surface area contributed by atoms with Crippen molar-refractivity contribution in [1.82, 2.24) is 15.0 Å². The number of carboxylic acids is 1. The van der Waals surface area contributed by atoms with Crippen molar-refractivity contribution in [1.29, 1.82) is 0 Å². The highest BCUT2D eigenvalue weighted by atomic mass is 16.4. The van der Waals surface area contributed by atoms with Gasteiger partial charge in [-0.3, -0.25) is 4.79 Å². The number of rotatable bonds is 3. The molecule has 100 valence electrons. The molecule has 0 atom stereocenters. The Labute approximate surface area is 115 Å². The summed E-state index contributed by atoms with van der Waals surface area (Å²) in [6.45, 7) is 1.98. The van der Waals surface area contributed by atoms with Crippen LogP contribution in [-0.4, -0.2) is 26.0 Å². The molecule has 0 aliphatic carbocycles. The lowest BCUT2D eigenvalue weighted by Crippen LogP contribution is -2.05. The van der Waals surface area contributed by atoms with Crippen molar-refractivity contribution in [3.8, 4) is 11.3 Å². The number of aryl methyl sites for hydroxylation is 1. The normalized spacial score (nSPS) is 10.8. The summed E-state index contributed by atoms with van der Waals surface area (Å²) in [6, 6.07) is 9.77. The highest BCUT2D eigenvalue weighted by molar-refractivity contribution is 5.96. The Morgan fingerprint density at radius 3 is 2.90 bits per heavy atom. The predicted octanol–water partition coefficient (Wildman–Crippen LogP) is 2.56. The van der Waals surface area contributed by atoms with E-state index in [0.29, 0.717) is 5.82 Å². The van der Waals surface area contributed by atoms with Gasteiger partial charge in [0.2, 0.25) is 0 Å². The Hall–Kier alpha value is -2.69. The fourth-order valence-corrected chi connectivity index (χ4v) is 2.37. The lowest BCUT2D eigenvalue weighted by atomic mass is 10.1. The van der Waals surface area contributed by atoms with Gasteiger partial charge in [0.25, 0.3) is 0 Å². The van der Waals surface area contributed by atoms with Crippen molar-refractivity contribution in [2.45, 2.75) is 13.3 Å². The number of hydrogen-bond donors (Lipinski definition) is 2. The Bertz CT molecular complexity index is 793. The second kappa shape index (κ2) is 4.77. The lowest BCUT2D eigenvalue weighted by Gasteiger charge is -2.03. The molecule has 20 heavy (non-hydrogen) atoms. The van der Waals surface area contributed by atoms with Gasteiger partial charge in [-0.2, -0.15) is 0 Å². The number of para-hydroxylation sites is 1. The number of nitrogens with zero attached hydrogens (tertiary/aromatic N) is 2. The largest absolute Gasteiger partial charge is 0.481 e. The minimum absolute atomic E-state index is 0.171. The monoisotopic (exact) mass is 267 g/mol. The minimum Gasteiger partial charge on any atom is -0.481 e. The van der Waals surface area contributed by atoms with Gasteiger partial charge in [0.15, 0.2) is 0 Å². The maximum Gasteiger partial charge on any atom is 0.311 e. The fourth-order valence-electron chi connectivity index (χ4n) is 2.37. The summed E-state index contributed by atoms with van der Waals surface area (Å²) in [6.07, 6.45) is 1.43. The van der Waals surface area contributed by atoms with Crippen molar-refractivity contribution in [2.75, 3.05) is 0 Å². The van der Waals surface area contributed by atoms with Gasteiger partial charge in [-0.25, -0.2) is 9.97 Å². The van der Waals surface area contributed by atoms with Crippen molar-refractivity contribution in [3.05, 3.63) is 48.0 Å². The van der Waals surface area contributed by atoms with E-state index in [4.69, 9.17) is 5.11 Å². The van der Waals surface area contributed by atoms with Crippen LogP contribution in [0.5, 0.6) is 0 Å².